The van der Waals surface area contributed by atoms with Crippen molar-refractivity contribution in [2.75, 3.05) is 23.4 Å². The number of alkyl halides is 2. The highest BCUT2D eigenvalue weighted by Gasteiger charge is 2.39. The number of nitrogens with zero attached hydrogens (tertiary/aromatic N) is 6. The predicted molar refractivity (Wildman–Crippen MR) is 112 cm³/mol. The summed E-state index contributed by atoms with van der Waals surface area (Å²) >= 11 is 0. The number of rotatable bonds is 4. The Hall–Kier alpha value is -3.60. The van der Waals surface area contributed by atoms with Crippen LogP contribution in [0.4, 0.5) is 20.3 Å². The number of carbonyl (C=O) groups excluding carboxylic acids is 1. The smallest absolute Gasteiger partial charge is 0.265 e. The summed E-state index contributed by atoms with van der Waals surface area (Å²) in [6.07, 6.45) is 3.25. The van der Waals surface area contributed by atoms with E-state index in [1.807, 2.05) is 6.07 Å². The van der Waals surface area contributed by atoms with Gasteiger partial charge < -0.3 is 15.0 Å². The number of fused-ring (bicyclic) bond motifs is 4. The summed E-state index contributed by atoms with van der Waals surface area (Å²) in [4.78, 5) is 19.9. The van der Waals surface area contributed by atoms with Gasteiger partial charge in [-0.1, -0.05) is 0 Å². The van der Waals surface area contributed by atoms with Crippen LogP contribution in [-0.4, -0.2) is 55.6 Å². The third kappa shape index (κ3) is 3.00. The molecule has 5 heterocycles. The molecule has 6 rings (SSSR count). The molecule has 2 fully saturated rings. The molecular formula is C21H19F2N7O2. The number of hydrogen-bond donors (Lipinski definition) is 1. The molecule has 1 amide bonds. The molecular weight excluding hydrogens is 420 g/mol. The van der Waals surface area contributed by atoms with E-state index in [0.717, 1.165) is 18.8 Å². The van der Waals surface area contributed by atoms with Crippen molar-refractivity contribution in [3.8, 4) is 0 Å². The van der Waals surface area contributed by atoms with Crippen molar-refractivity contribution in [3.63, 3.8) is 0 Å². The first-order valence-corrected chi connectivity index (χ1v) is 10.3. The molecule has 3 aromatic heterocycles. The van der Waals surface area contributed by atoms with Crippen molar-refractivity contribution in [3.05, 3.63) is 47.9 Å². The van der Waals surface area contributed by atoms with Crippen LogP contribution in [0.1, 0.15) is 28.8 Å². The van der Waals surface area contributed by atoms with Crippen LogP contribution >= 0.6 is 0 Å². The fourth-order valence-electron chi connectivity index (χ4n) is 4.55. The number of anilines is 2. The van der Waals surface area contributed by atoms with Crippen molar-refractivity contribution < 1.29 is 18.3 Å². The molecule has 4 aromatic rings. The van der Waals surface area contributed by atoms with Gasteiger partial charge in [0, 0.05) is 36.9 Å². The largest absolute Gasteiger partial charge is 0.374 e. The zero-order chi connectivity index (χ0) is 22.0. The van der Waals surface area contributed by atoms with Crippen LogP contribution in [-0.2, 0) is 11.8 Å². The number of carbonyl (C=O) groups is 1. The molecule has 11 heteroatoms. The molecule has 32 heavy (non-hydrogen) atoms. The Morgan fingerprint density at radius 1 is 1.34 bits per heavy atom. The highest BCUT2D eigenvalue weighted by Crippen LogP contribution is 2.33. The molecule has 2 aliphatic heterocycles. The average molecular weight is 439 g/mol. The second-order valence-corrected chi connectivity index (χ2v) is 8.17. The van der Waals surface area contributed by atoms with Crippen LogP contribution in [0.5, 0.6) is 0 Å². The standard InChI is InChI=1S/C21H19F2N7O2/c1-28-8-11-4-17(14(19(22)23)6-16(11)27-28)25-21(31)15-7-24-30-3-2-18(26-20(15)30)29-9-13-5-12(29)10-32-13/h2-4,6-8,12-13,19H,5,9-10H2,1H3,(H,25,31). The number of benzene rings is 1. The number of hydrogen-bond acceptors (Lipinski definition) is 6. The van der Waals surface area contributed by atoms with Gasteiger partial charge in [0.1, 0.15) is 11.4 Å². The molecule has 9 nitrogen and oxygen atoms in total. The summed E-state index contributed by atoms with van der Waals surface area (Å²) in [5, 5.41) is 11.6. The SMILES string of the molecule is Cn1cc2cc(NC(=O)c3cnn4ccc(N5CC6CC5CO6)nc34)c(C(F)F)cc2n1. The van der Waals surface area contributed by atoms with Gasteiger partial charge in [-0.25, -0.2) is 18.3 Å². The Morgan fingerprint density at radius 2 is 2.22 bits per heavy atom. The van der Waals surface area contributed by atoms with Gasteiger partial charge >= 0.3 is 0 Å². The maximum atomic E-state index is 13.7. The van der Waals surface area contributed by atoms with Gasteiger partial charge in [-0.15, -0.1) is 0 Å². The van der Waals surface area contributed by atoms with Gasteiger partial charge in [0.05, 0.1) is 36.2 Å². The molecule has 2 unspecified atom stereocenters. The summed E-state index contributed by atoms with van der Waals surface area (Å²) in [5.74, 6) is 0.189. The van der Waals surface area contributed by atoms with Crippen LogP contribution in [0.3, 0.4) is 0 Å². The van der Waals surface area contributed by atoms with E-state index < -0.39 is 12.3 Å². The Kier molecular flexibility index (Phi) is 4.15. The number of aromatic nitrogens is 5. The number of nitrogens with one attached hydrogen (secondary N) is 1. The van der Waals surface area contributed by atoms with E-state index in [2.05, 4.69) is 25.4 Å². The summed E-state index contributed by atoms with van der Waals surface area (Å²) in [7, 11) is 1.71. The molecule has 2 saturated heterocycles. The topological polar surface area (TPSA) is 89.6 Å². The van der Waals surface area contributed by atoms with Crippen LogP contribution in [0.25, 0.3) is 16.6 Å². The van der Waals surface area contributed by atoms with E-state index in [9.17, 15) is 13.6 Å². The summed E-state index contributed by atoms with van der Waals surface area (Å²) in [6.45, 7) is 1.42. The highest BCUT2D eigenvalue weighted by atomic mass is 19.3. The predicted octanol–water partition coefficient (Wildman–Crippen LogP) is 2.78. The van der Waals surface area contributed by atoms with Gasteiger partial charge in [-0.3, -0.25) is 9.48 Å². The summed E-state index contributed by atoms with van der Waals surface area (Å²) in [6, 6.07) is 4.93. The number of morpholine rings is 1. The van der Waals surface area contributed by atoms with Gasteiger partial charge in [0.2, 0.25) is 0 Å². The molecule has 2 atom stereocenters. The lowest BCUT2D eigenvalue weighted by Gasteiger charge is -2.27. The van der Waals surface area contributed by atoms with Crippen LogP contribution < -0.4 is 10.2 Å². The Labute approximate surface area is 180 Å². The third-order valence-electron chi connectivity index (χ3n) is 6.07. The minimum atomic E-state index is -2.77. The molecule has 2 bridgehead atoms. The number of aryl methyl sites for hydroxylation is 1. The zero-order valence-electron chi connectivity index (χ0n) is 17.1. The van der Waals surface area contributed by atoms with E-state index in [0.29, 0.717) is 23.2 Å². The Balaban J connectivity index is 1.35. The molecule has 1 aromatic carbocycles. The maximum absolute atomic E-state index is 13.7. The molecule has 0 saturated carbocycles. The lowest BCUT2D eigenvalue weighted by Crippen LogP contribution is -2.37. The van der Waals surface area contributed by atoms with Gasteiger partial charge in [-0.2, -0.15) is 10.2 Å². The van der Waals surface area contributed by atoms with Gasteiger partial charge in [0.15, 0.2) is 5.65 Å². The van der Waals surface area contributed by atoms with Crippen molar-refractivity contribution in [1.29, 1.82) is 0 Å². The van der Waals surface area contributed by atoms with Crippen molar-refractivity contribution in [1.82, 2.24) is 24.4 Å². The first-order chi connectivity index (χ1) is 15.5. The molecule has 0 radical (unpaired) electrons. The van der Waals surface area contributed by atoms with Gasteiger partial charge in [0.25, 0.3) is 12.3 Å². The van der Waals surface area contributed by atoms with E-state index in [4.69, 9.17) is 4.74 Å². The van der Waals surface area contributed by atoms with Crippen LogP contribution in [0.15, 0.2) is 36.8 Å². The molecule has 164 valence electrons. The first kappa shape index (κ1) is 19.1. The normalized spacial score (nSPS) is 20.2. The molecule has 1 N–H and O–H groups in total. The van der Waals surface area contributed by atoms with Crippen molar-refractivity contribution >= 4 is 34.0 Å². The number of ether oxygens (including phenoxy) is 1. The minimum Gasteiger partial charge on any atom is -0.374 e. The fourth-order valence-corrected chi connectivity index (χ4v) is 4.55. The van der Waals surface area contributed by atoms with E-state index >= 15 is 0 Å². The van der Waals surface area contributed by atoms with Gasteiger partial charge in [-0.05, 0) is 24.6 Å². The van der Waals surface area contributed by atoms with Crippen LogP contribution in [0, 0.1) is 0 Å². The highest BCUT2D eigenvalue weighted by molar-refractivity contribution is 6.09. The number of amides is 1. The lowest BCUT2D eigenvalue weighted by atomic mass is 10.1. The third-order valence-corrected chi connectivity index (χ3v) is 6.07. The Bertz CT molecular complexity index is 1370. The fraction of sp³-hybridized carbons (Fsp3) is 0.333. The first-order valence-electron chi connectivity index (χ1n) is 10.3. The van der Waals surface area contributed by atoms with Crippen LogP contribution in [0.2, 0.25) is 0 Å². The monoisotopic (exact) mass is 439 g/mol. The van der Waals surface area contributed by atoms with Crippen molar-refractivity contribution in [2.24, 2.45) is 7.05 Å². The minimum absolute atomic E-state index is 0.0370. The van der Waals surface area contributed by atoms with Crippen molar-refractivity contribution in [2.45, 2.75) is 25.0 Å². The second-order valence-electron chi connectivity index (χ2n) is 8.17. The molecule has 0 aliphatic carbocycles. The van der Waals surface area contributed by atoms with E-state index in [1.165, 1.54) is 27.5 Å². The summed E-state index contributed by atoms with van der Waals surface area (Å²) < 4.78 is 36.0. The quantitative estimate of drug-likeness (QED) is 0.526. The maximum Gasteiger partial charge on any atom is 0.265 e. The molecule has 0 spiro atoms. The van der Waals surface area contributed by atoms with E-state index in [-0.39, 0.29) is 29.0 Å². The summed E-state index contributed by atoms with van der Waals surface area (Å²) in [5.41, 5.74) is 0.758. The Morgan fingerprint density at radius 3 is 2.97 bits per heavy atom. The average Bonchev–Trinajstić information content (AvgIpc) is 3.54. The second kappa shape index (κ2) is 6.95. The zero-order valence-corrected chi connectivity index (χ0v) is 17.1. The van der Waals surface area contributed by atoms with E-state index in [1.54, 1.807) is 19.4 Å². The molecule has 2 aliphatic rings. The number of halogens is 2. The lowest BCUT2D eigenvalue weighted by molar-refractivity contribution is 0.0988.